The van der Waals surface area contributed by atoms with E-state index in [1.807, 2.05) is 54.6 Å². The van der Waals surface area contributed by atoms with E-state index in [4.69, 9.17) is 9.72 Å². The lowest BCUT2D eigenvalue weighted by molar-refractivity contribution is 0.187. The van der Waals surface area contributed by atoms with Crippen molar-refractivity contribution in [3.05, 3.63) is 73.1 Å². The van der Waals surface area contributed by atoms with Gasteiger partial charge in [-0.1, -0.05) is 43.3 Å². The van der Waals surface area contributed by atoms with Crippen LogP contribution in [-0.2, 0) is 6.54 Å². The van der Waals surface area contributed by atoms with Crippen molar-refractivity contribution in [2.75, 3.05) is 0 Å². The molecule has 0 saturated carbocycles. The van der Waals surface area contributed by atoms with Crippen LogP contribution in [-0.4, -0.2) is 9.55 Å². The molecule has 0 unspecified atom stereocenters. The minimum absolute atomic E-state index is 0.0743. The van der Waals surface area contributed by atoms with Gasteiger partial charge in [-0.15, -0.1) is 6.58 Å². The van der Waals surface area contributed by atoms with Gasteiger partial charge in [-0.25, -0.2) is 4.98 Å². The van der Waals surface area contributed by atoms with Crippen LogP contribution < -0.4 is 4.74 Å². The van der Waals surface area contributed by atoms with Crippen LogP contribution in [0.25, 0.3) is 11.0 Å². The third-order valence-corrected chi connectivity index (χ3v) is 3.68. The fourth-order valence-electron chi connectivity index (χ4n) is 2.64. The number of hydrogen-bond acceptors (Lipinski definition) is 2. The lowest BCUT2D eigenvalue weighted by Crippen LogP contribution is -2.13. The third kappa shape index (κ3) is 2.75. The molecule has 3 rings (SSSR count). The van der Waals surface area contributed by atoms with Crippen LogP contribution in [0.2, 0.25) is 0 Å². The summed E-state index contributed by atoms with van der Waals surface area (Å²) in [5.74, 6) is 1.82. The molecule has 0 bridgehead atoms. The average molecular weight is 292 g/mol. The van der Waals surface area contributed by atoms with Crippen molar-refractivity contribution in [1.29, 1.82) is 0 Å². The monoisotopic (exact) mass is 292 g/mol. The zero-order chi connectivity index (χ0) is 15.4. The molecule has 0 N–H and O–H groups in total. The average Bonchev–Trinajstić information content (AvgIpc) is 2.93. The summed E-state index contributed by atoms with van der Waals surface area (Å²) in [6, 6.07) is 18.1. The second-order valence-electron chi connectivity index (χ2n) is 5.19. The van der Waals surface area contributed by atoms with E-state index in [0.29, 0.717) is 0 Å². The first kappa shape index (κ1) is 14.4. The Bertz CT molecular complexity index is 761. The molecule has 1 heterocycles. The molecule has 112 valence electrons. The highest BCUT2D eigenvalue weighted by atomic mass is 16.5. The highest BCUT2D eigenvalue weighted by Crippen LogP contribution is 2.27. The lowest BCUT2D eigenvalue weighted by Gasteiger charge is -2.18. The zero-order valence-electron chi connectivity index (χ0n) is 12.8. The second-order valence-corrected chi connectivity index (χ2v) is 5.19. The number of allylic oxidation sites excluding steroid dienone is 1. The van der Waals surface area contributed by atoms with Crippen LogP contribution in [0, 0.1) is 0 Å². The summed E-state index contributed by atoms with van der Waals surface area (Å²) in [6.07, 6.45) is 2.68. The van der Waals surface area contributed by atoms with Crippen LogP contribution in [0.1, 0.15) is 25.3 Å². The summed E-state index contributed by atoms with van der Waals surface area (Å²) >= 11 is 0. The maximum Gasteiger partial charge on any atom is 0.156 e. The first-order chi connectivity index (χ1) is 10.8. The van der Waals surface area contributed by atoms with E-state index in [2.05, 4.69) is 24.1 Å². The van der Waals surface area contributed by atoms with E-state index in [-0.39, 0.29) is 6.10 Å². The number of fused-ring (bicyclic) bond motifs is 1. The Morgan fingerprint density at radius 1 is 1.14 bits per heavy atom. The Kier molecular flexibility index (Phi) is 4.24. The van der Waals surface area contributed by atoms with Crippen molar-refractivity contribution < 1.29 is 4.74 Å². The predicted octanol–water partition coefficient (Wildman–Crippen LogP) is 4.75. The van der Waals surface area contributed by atoms with Gasteiger partial charge >= 0.3 is 0 Å². The molecule has 2 aromatic carbocycles. The number of para-hydroxylation sites is 3. The fourth-order valence-corrected chi connectivity index (χ4v) is 2.64. The minimum atomic E-state index is -0.0743. The fraction of sp³-hybridized carbons (Fsp3) is 0.211. The van der Waals surface area contributed by atoms with Crippen LogP contribution in [0.4, 0.5) is 0 Å². The Morgan fingerprint density at radius 3 is 2.59 bits per heavy atom. The molecular weight excluding hydrogens is 272 g/mol. The first-order valence-electron chi connectivity index (χ1n) is 7.61. The van der Waals surface area contributed by atoms with Gasteiger partial charge in [0.15, 0.2) is 11.9 Å². The third-order valence-electron chi connectivity index (χ3n) is 3.68. The van der Waals surface area contributed by atoms with E-state index < -0.39 is 0 Å². The van der Waals surface area contributed by atoms with Crippen LogP contribution in [0.3, 0.4) is 0 Å². The van der Waals surface area contributed by atoms with Crippen LogP contribution >= 0.6 is 0 Å². The standard InChI is InChI=1S/C19H20N2O/c1-3-14-21-17-13-9-8-12-16(17)20-19(21)18(4-2)22-15-10-6-5-7-11-15/h3,5-13,18H,1,4,14H2,2H3/t18-/m1/s1. The molecule has 1 atom stereocenters. The molecule has 0 amide bonds. The topological polar surface area (TPSA) is 27.1 Å². The summed E-state index contributed by atoms with van der Waals surface area (Å²) in [4.78, 5) is 4.79. The Balaban J connectivity index is 2.02. The normalized spacial score (nSPS) is 12.2. The van der Waals surface area contributed by atoms with Gasteiger partial charge in [0.1, 0.15) is 5.75 Å². The highest BCUT2D eigenvalue weighted by Gasteiger charge is 2.19. The largest absolute Gasteiger partial charge is 0.483 e. The molecule has 0 aliphatic carbocycles. The van der Waals surface area contributed by atoms with E-state index in [0.717, 1.165) is 35.6 Å². The second kappa shape index (κ2) is 6.48. The molecule has 3 aromatic rings. The molecule has 0 radical (unpaired) electrons. The Hall–Kier alpha value is -2.55. The van der Waals surface area contributed by atoms with Gasteiger partial charge in [-0.05, 0) is 30.7 Å². The van der Waals surface area contributed by atoms with E-state index in [1.54, 1.807) is 0 Å². The van der Waals surface area contributed by atoms with Crippen molar-refractivity contribution in [3.8, 4) is 5.75 Å². The number of benzene rings is 2. The van der Waals surface area contributed by atoms with Crippen LogP contribution in [0.5, 0.6) is 5.75 Å². The Morgan fingerprint density at radius 2 is 1.86 bits per heavy atom. The van der Waals surface area contributed by atoms with E-state index >= 15 is 0 Å². The summed E-state index contributed by atoms with van der Waals surface area (Å²) < 4.78 is 8.33. The number of hydrogen-bond donors (Lipinski definition) is 0. The van der Waals surface area contributed by atoms with Gasteiger partial charge in [-0.2, -0.15) is 0 Å². The van der Waals surface area contributed by atoms with Crippen molar-refractivity contribution in [2.45, 2.75) is 26.0 Å². The van der Waals surface area contributed by atoms with Crippen LogP contribution in [0.15, 0.2) is 67.3 Å². The van der Waals surface area contributed by atoms with Gasteiger partial charge in [0.05, 0.1) is 11.0 Å². The van der Waals surface area contributed by atoms with Crippen molar-refractivity contribution in [3.63, 3.8) is 0 Å². The maximum absolute atomic E-state index is 6.15. The van der Waals surface area contributed by atoms with E-state index in [9.17, 15) is 0 Å². The van der Waals surface area contributed by atoms with E-state index in [1.165, 1.54) is 0 Å². The van der Waals surface area contributed by atoms with Gasteiger partial charge in [0, 0.05) is 6.54 Å². The molecular formula is C19H20N2O. The molecule has 0 saturated heterocycles. The number of rotatable bonds is 6. The SMILES string of the molecule is C=CCn1c([C@@H](CC)Oc2ccccc2)nc2ccccc21. The lowest BCUT2D eigenvalue weighted by atomic mass is 10.2. The number of aromatic nitrogens is 2. The summed E-state index contributed by atoms with van der Waals surface area (Å²) in [6.45, 7) is 6.71. The Labute approximate surface area is 130 Å². The predicted molar refractivity (Wildman–Crippen MR) is 90.0 cm³/mol. The van der Waals surface area contributed by atoms with Crippen molar-refractivity contribution in [2.24, 2.45) is 0 Å². The number of nitrogens with zero attached hydrogens (tertiary/aromatic N) is 2. The molecule has 3 heteroatoms. The van der Waals surface area contributed by atoms with Gasteiger partial charge in [0.25, 0.3) is 0 Å². The molecule has 0 aliphatic heterocycles. The molecule has 0 aliphatic rings. The maximum atomic E-state index is 6.15. The van der Waals surface area contributed by atoms with Gasteiger partial charge < -0.3 is 9.30 Å². The number of imidazole rings is 1. The molecule has 1 aromatic heterocycles. The minimum Gasteiger partial charge on any atom is -0.483 e. The summed E-state index contributed by atoms with van der Waals surface area (Å²) in [5, 5.41) is 0. The first-order valence-corrected chi connectivity index (χ1v) is 7.61. The summed E-state index contributed by atoms with van der Waals surface area (Å²) in [7, 11) is 0. The van der Waals surface area contributed by atoms with Crippen molar-refractivity contribution in [1.82, 2.24) is 9.55 Å². The number of ether oxygens (including phenoxy) is 1. The van der Waals surface area contributed by atoms with Gasteiger partial charge in [-0.3, -0.25) is 0 Å². The van der Waals surface area contributed by atoms with Crippen molar-refractivity contribution >= 4 is 11.0 Å². The molecule has 0 spiro atoms. The zero-order valence-corrected chi connectivity index (χ0v) is 12.8. The molecule has 0 fully saturated rings. The molecule has 3 nitrogen and oxygen atoms in total. The quantitative estimate of drug-likeness (QED) is 0.613. The molecule has 22 heavy (non-hydrogen) atoms. The highest BCUT2D eigenvalue weighted by molar-refractivity contribution is 5.76. The smallest absolute Gasteiger partial charge is 0.156 e. The summed E-state index contributed by atoms with van der Waals surface area (Å²) in [5.41, 5.74) is 2.11. The van der Waals surface area contributed by atoms with Gasteiger partial charge in [0.2, 0.25) is 0 Å².